The van der Waals surface area contributed by atoms with E-state index in [1.54, 1.807) is 13.8 Å². The van der Waals surface area contributed by atoms with Crippen molar-refractivity contribution in [3.05, 3.63) is 0 Å². The summed E-state index contributed by atoms with van der Waals surface area (Å²) in [5.74, 6) is -0.112. The van der Waals surface area contributed by atoms with Gasteiger partial charge in [-0.25, -0.2) is 5.43 Å². The average Bonchev–Trinajstić information content (AvgIpc) is 1.98. The molecule has 0 aliphatic carbocycles. The van der Waals surface area contributed by atoms with E-state index in [1.807, 2.05) is 0 Å². The van der Waals surface area contributed by atoms with Crippen molar-refractivity contribution >= 4 is 11.7 Å². The normalized spacial score (nSPS) is 12.3. The van der Waals surface area contributed by atoms with Gasteiger partial charge in [0.1, 0.15) is 0 Å². The average molecular weight is 158 g/mol. The maximum Gasteiger partial charge on any atom is 0.230 e. The van der Waals surface area contributed by atoms with Crippen molar-refractivity contribution in [3.8, 4) is 0 Å². The number of rotatable bonds is 4. The molecule has 0 aromatic rings. The number of nitrogens with one attached hydrogen (secondary N) is 2. The first-order valence-electron chi connectivity index (χ1n) is 3.62. The summed E-state index contributed by atoms with van der Waals surface area (Å²) >= 11 is 0. The van der Waals surface area contributed by atoms with Gasteiger partial charge in [0, 0.05) is 13.3 Å². The summed E-state index contributed by atoms with van der Waals surface area (Å²) in [6.45, 7) is 4.88. The van der Waals surface area contributed by atoms with E-state index in [9.17, 15) is 9.59 Å². The highest BCUT2D eigenvalue weighted by atomic mass is 16.2. The van der Waals surface area contributed by atoms with Crippen LogP contribution in [0.3, 0.4) is 0 Å². The molecule has 0 aliphatic heterocycles. The highest BCUT2D eigenvalue weighted by molar-refractivity contribution is 5.83. The minimum atomic E-state index is -0.302. The third-order valence-corrected chi connectivity index (χ3v) is 1.30. The highest BCUT2D eigenvalue weighted by Gasteiger charge is 2.08. The molecule has 0 aromatic carbocycles. The Balaban J connectivity index is 3.60. The minimum absolute atomic E-state index is 0.0822. The van der Waals surface area contributed by atoms with Crippen LogP contribution in [-0.4, -0.2) is 17.7 Å². The molecule has 4 nitrogen and oxygen atoms in total. The summed E-state index contributed by atoms with van der Waals surface area (Å²) in [5.41, 5.74) is 4.93. The van der Waals surface area contributed by atoms with Gasteiger partial charge >= 0.3 is 0 Å². The molecular formula is C7H14N2O2. The Hall–Kier alpha value is -0.900. The second-order valence-electron chi connectivity index (χ2n) is 2.37. The fourth-order valence-corrected chi connectivity index (χ4v) is 0.597. The standard InChI is InChI=1S/C7H14N2O2/c1-4-7(11)5(2)8-9-6(3)10/h5,8H,4H2,1-3H3,(H,9,10). The fourth-order valence-electron chi connectivity index (χ4n) is 0.597. The van der Waals surface area contributed by atoms with Crippen LogP contribution in [0.1, 0.15) is 27.2 Å². The number of hydrogen-bond acceptors (Lipinski definition) is 3. The summed E-state index contributed by atoms with van der Waals surface area (Å²) in [6.07, 6.45) is 0.480. The van der Waals surface area contributed by atoms with Crippen molar-refractivity contribution < 1.29 is 9.59 Å². The predicted molar refractivity (Wildman–Crippen MR) is 41.7 cm³/mol. The van der Waals surface area contributed by atoms with Crippen LogP contribution in [0.2, 0.25) is 0 Å². The summed E-state index contributed by atoms with van der Waals surface area (Å²) in [4.78, 5) is 21.3. The summed E-state index contributed by atoms with van der Waals surface area (Å²) in [5, 5.41) is 0. The molecule has 0 rings (SSSR count). The van der Waals surface area contributed by atoms with Crippen LogP contribution in [0.5, 0.6) is 0 Å². The molecule has 0 spiro atoms. The number of carbonyl (C=O) groups is 2. The Morgan fingerprint density at radius 1 is 1.45 bits per heavy atom. The third kappa shape index (κ3) is 4.50. The van der Waals surface area contributed by atoms with E-state index in [1.165, 1.54) is 6.92 Å². The molecule has 0 aromatic heterocycles. The van der Waals surface area contributed by atoms with Gasteiger partial charge in [0.15, 0.2) is 5.78 Å². The van der Waals surface area contributed by atoms with Gasteiger partial charge in [0.05, 0.1) is 6.04 Å². The number of ketones is 1. The Kier molecular flexibility index (Phi) is 4.45. The lowest BCUT2D eigenvalue weighted by atomic mass is 10.2. The van der Waals surface area contributed by atoms with Gasteiger partial charge in [-0.1, -0.05) is 6.92 Å². The van der Waals surface area contributed by atoms with Crippen LogP contribution >= 0.6 is 0 Å². The molecule has 0 aliphatic rings. The second-order valence-corrected chi connectivity index (χ2v) is 2.37. The second kappa shape index (κ2) is 4.85. The zero-order valence-electron chi connectivity index (χ0n) is 7.10. The van der Waals surface area contributed by atoms with Crippen LogP contribution in [0, 0.1) is 0 Å². The van der Waals surface area contributed by atoms with Crippen LogP contribution in [-0.2, 0) is 9.59 Å². The molecule has 0 fully saturated rings. The number of carbonyl (C=O) groups excluding carboxylic acids is 2. The third-order valence-electron chi connectivity index (χ3n) is 1.30. The zero-order chi connectivity index (χ0) is 8.85. The van der Waals surface area contributed by atoms with Gasteiger partial charge < -0.3 is 0 Å². The van der Waals surface area contributed by atoms with E-state index in [4.69, 9.17) is 0 Å². The van der Waals surface area contributed by atoms with Crippen molar-refractivity contribution in [1.82, 2.24) is 10.9 Å². The van der Waals surface area contributed by atoms with Crippen molar-refractivity contribution in [3.63, 3.8) is 0 Å². The van der Waals surface area contributed by atoms with Gasteiger partial charge in [0.2, 0.25) is 5.91 Å². The highest BCUT2D eigenvalue weighted by Crippen LogP contribution is 1.87. The molecule has 4 heteroatoms. The lowest BCUT2D eigenvalue weighted by Gasteiger charge is -2.10. The Bertz CT molecular complexity index is 157. The molecule has 0 saturated heterocycles. The smallest absolute Gasteiger partial charge is 0.230 e. The first-order chi connectivity index (χ1) is 5.07. The largest absolute Gasteiger partial charge is 0.298 e. The Morgan fingerprint density at radius 3 is 2.36 bits per heavy atom. The monoisotopic (exact) mass is 158 g/mol. The molecular weight excluding hydrogens is 144 g/mol. The van der Waals surface area contributed by atoms with Gasteiger partial charge in [0.25, 0.3) is 0 Å². The fraction of sp³-hybridized carbons (Fsp3) is 0.714. The van der Waals surface area contributed by atoms with Gasteiger partial charge in [-0.3, -0.25) is 15.0 Å². The molecule has 0 bridgehead atoms. The summed E-state index contributed by atoms with van der Waals surface area (Å²) in [7, 11) is 0. The number of hydrogen-bond donors (Lipinski definition) is 2. The van der Waals surface area contributed by atoms with Crippen LogP contribution in [0.15, 0.2) is 0 Å². The van der Waals surface area contributed by atoms with E-state index in [-0.39, 0.29) is 17.7 Å². The predicted octanol–water partition coefficient (Wildman–Crippen LogP) is -0.00530. The first-order valence-corrected chi connectivity index (χ1v) is 3.62. The number of Topliss-reactive ketones (excluding diaryl/α,β-unsaturated/α-hetero) is 1. The molecule has 2 N–H and O–H groups in total. The maximum atomic E-state index is 10.9. The maximum absolute atomic E-state index is 10.9. The SMILES string of the molecule is CCC(=O)C(C)NNC(C)=O. The Morgan fingerprint density at radius 2 is 2.00 bits per heavy atom. The van der Waals surface area contributed by atoms with Crippen molar-refractivity contribution in [2.24, 2.45) is 0 Å². The molecule has 64 valence electrons. The zero-order valence-corrected chi connectivity index (χ0v) is 7.10. The summed E-state index contributed by atoms with van der Waals surface area (Å²) < 4.78 is 0. The number of hydrazine groups is 1. The van der Waals surface area contributed by atoms with Crippen LogP contribution < -0.4 is 10.9 Å². The van der Waals surface area contributed by atoms with E-state index < -0.39 is 0 Å². The lowest BCUT2D eigenvalue weighted by molar-refractivity contribution is -0.122. The molecule has 1 unspecified atom stereocenters. The van der Waals surface area contributed by atoms with E-state index in [0.29, 0.717) is 6.42 Å². The molecule has 0 radical (unpaired) electrons. The molecule has 0 heterocycles. The lowest BCUT2D eigenvalue weighted by Crippen LogP contribution is -2.45. The van der Waals surface area contributed by atoms with E-state index in [2.05, 4.69) is 10.9 Å². The van der Waals surface area contributed by atoms with Crippen LogP contribution in [0.4, 0.5) is 0 Å². The molecule has 1 amide bonds. The van der Waals surface area contributed by atoms with Gasteiger partial charge in [-0.2, -0.15) is 0 Å². The van der Waals surface area contributed by atoms with E-state index in [0.717, 1.165) is 0 Å². The molecule has 11 heavy (non-hydrogen) atoms. The van der Waals surface area contributed by atoms with Crippen molar-refractivity contribution in [2.45, 2.75) is 33.2 Å². The van der Waals surface area contributed by atoms with Gasteiger partial charge in [-0.15, -0.1) is 0 Å². The van der Waals surface area contributed by atoms with Crippen molar-refractivity contribution in [1.29, 1.82) is 0 Å². The minimum Gasteiger partial charge on any atom is -0.298 e. The summed E-state index contributed by atoms with van der Waals surface area (Å²) in [6, 6.07) is -0.302. The quantitative estimate of drug-likeness (QED) is 0.566. The molecule has 0 saturated carbocycles. The topological polar surface area (TPSA) is 58.2 Å². The van der Waals surface area contributed by atoms with Gasteiger partial charge in [-0.05, 0) is 6.92 Å². The van der Waals surface area contributed by atoms with E-state index >= 15 is 0 Å². The number of amides is 1. The molecule has 1 atom stereocenters. The first kappa shape index (κ1) is 10.1. The Labute approximate surface area is 66.3 Å². The van der Waals surface area contributed by atoms with Crippen molar-refractivity contribution in [2.75, 3.05) is 0 Å². The van der Waals surface area contributed by atoms with Crippen LogP contribution in [0.25, 0.3) is 0 Å².